The van der Waals surface area contributed by atoms with Crippen molar-refractivity contribution in [2.75, 3.05) is 18.7 Å². The smallest absolute Gasteiger partial charge is 0.412 e. The minimum absolute atomic E-state index is 0.320. The number of pyridine rings is 2. The number of ether oxygens (including phenoxy) is 1. The molecule has 0 aliphatic carbocycles. The molecule has 3 rings (SSSR count). The van der Waals surface area contributed by atoms with Crippen molar-refractivity contribution in [1.82, 2.24) is 13.9 Å². The third-order valence-corrected chi connectivity index (χ3v) is 4.73. The number of rotatable bonds is 3. The molecule has 3 aromatic heterocycles. The summed E-state index contributed by atoms with van der Waals surface area (Å²) in [6.45, 7) is 1.75. The van der Waals surface area contributed by atoms with E-state index in [2.05, 4.69) is 20.0 Å². The fourth-order valence-electron chi connectivity index (χ4n) is 2.61. The van der Waals surface area contributed by atoms with Crippen LogP contribution in [-0.4, -0.2) is 41.8 Å². The van der Waals surface area contributed by atoms with E-state index >= 15 is 0 Å². The molecule has 0 aliphatic heterocycles. The highest BCUT2D eigenvalue weighted by Gasteiger charge is 2.16. The average Bonchev–Trinajstić information content (AvgIpc) is 3.01. The van der Waals surface area contributed by atoms with E-state index in [9.17, 15) is 13.2 Å². The van der Waals surface area contributed by atoms with E-state index in [0.717, 1.165) is 22.8 Å². The monoisotopic (exact) mass is 360 g/mol. The fraction of sp³-hybridized carbons (Fsp3) is 0.188. The molecular weight excluding hydrogens is 344 g/mol. The number of nitrogens with one attached hydrogen (secondary N) is 1. The van der Waals surface area contributed by atoms with Crippen molar-refractivity contribution in [3.8, 4) is 11.1 Å². The van der Waals surface area contributed by atoms with Gasteiger partial charge in [0.1, 0.15) is 5.82 Å². The standard InChI is InChI=1S/C16H16N4O4S/c1-10-15-12(5-7-20(15)25(3,22)23)13(9-18-10)11-4-6-17-14(8-11)19-16(21)24-2/h4-9H,1-3H3,(H,17,19,21). The summed E-state index contributed by atoms with van der Waals surface area (Å²) in [5.74, 6) is 0.320. The van der Waals surface area contributed by atoms with Gasteiger partial charge in [0.25, 0.3) is 0 Å². The number of carbonyl (C=O) groups excluding carboxylic acids is 1. The molecule has 0 radical (unpaired) electrons. The Labute approximate surface area is 144 Å². The minimum atomic E-state index is -3.44. The van der Waals surface area contributed by atoms with Gasteiger partial charge < -0.3 is 4.74 Å². The van der Waals surface area contributed by atoms with Crippen LogP contribution in [0.25, 0.3) is 22.0 Å². The van der Waals surface area contributed by atoms with E-state index in [1.807, 2.05) is 0 Å². The molecule has 8 nitrogen and oxygen atoms in total. The first-order valence-electron chi connectivity index (χ1n) is 7.30. The SMILES string of the molecule is COC(=O)Nc1cc(-c2cnc(C)c3c2ccn3S(C)(=O)=O)ccn1. The number of methoxy groups -OCH3 is 1. The summed E-state index contributed by atoms with van der Waals surface area (Å²) < 4.78 is 29.7. The summed E-state index contributed by atoms with van der Waals surface area (Å²) in [4.78, 5) is 19.7. The number of amides is 1. The molecule has 1 amide bonds. The van der Waals surface area contributed by atoms with Crippen molar-refractivity contribution >= 4 is 32.8 Å². The number of aromatic nitrogens is 3. The number of fused-ring (bicyclic) bond motifs is 1. The summed E-state index contributed by atoms with van der Waals surface area (Å²) >= 11 is 0. The highest BCUT2D eigenvalue weighted by atomic mass is 32.2. The van der Waals surface area contributed by atoms with Gasteiger partial charge in [-0.1, -0.05) is 0 Å². The van der Waals surface area contributed by atoms with Crippen molar-refractivity contribution in [1.29, 1.82) is 0 Å². The first-order chi connectivity index (χ1) is 11.8. The maximum atomic E-state index is 12.0. The highest BCUT2D eigenvalue weighted by molar-refractivity contribution is 7.89. The molecule has 0 spiro atoms. The summed E-state index contributed by atoms with van der Waals surface area (Å²) in [6.07, 6.45) is 5.23. The van der Waals surface area contributed by atoms with Crippen LogP contribution in [0.2, 0.25) is 0 Å². The molecule has 0 bridgehead atoms. The molecule has 9 heteroatoms. The summed E-state index contributed by atoms with van der Waals surface area (Å²) in [6, 6.07) is 5.15. The third-order valence-electron chi connectivity index (χ3n) is 3.72. The lowest BCUT2D eigenvalue weighted by atomic mass is 10.0. The molecule has 130 valence electrons. The van der Waals surface area contributed by atoms with Crippen LogP contribution >= 0.6 is 0 Å². The number of hydrogen-bond acceptors (Lipinski definition) is 6. The number of nitrogens with zero attached hydrogens (tertiary/aromatic N) is 3. The van der Waals surface area contributed by atoms with Crippen LogP contribution in [0.15, 0.2) is 36.8 Å². The number of hydrogen-bond donors (Lipinski definition) is 1. The second-order valence-electron chi connectivity index (χ2n) is 5.44. The van der Waals surface area contributed by atoms with E-state index in [1.54, 1.807) is 37.5 Å². The Morgan fingerprint density at radius 2 is 2.04 bits per heavy atom. The molecular formula is C16H16N4O4S. The summed E-state index contributed by atoms with van der Waals surface area (Å²) in [5, 5.41) is 3.24. The van der Waals surface area contributed by atoms with Crippen molar-refractivity contribution in [3.63, 3.8) is 0 Å². The Morgan fingerprint density at radius 1 is 1.28 bits per heavy atom. The van der Waals surface area contributed by atoms with Crippen molar-refractivity contribution in [3.05, 3.63) is 42.5 Å². The Hall–Kier alpha value is -2.94. The van der Waals surface area contributed by atoms with Crippen molar-refractivity contribution in [2.24, 2.45) is 0 Å². The van der Waals surface area contributed by atoms with Gasteiger partial charge >= 0.3 is 6.09 Å². The molecule has 3 aromatic rings. The van der Waals surface area contributed by atoms with E-state index in [1.165, 1.54) is 17.3 Å². The number of carbonyl (C=O) groups is 1. The van der Waals surface area contributed by atoms with Gasteiger partial charge in [0, 0.05) is 29.5 Å². The lowest BCUT2D eigenvalue weighted by molar-refractivity contribution is 0.187. The van der Waals surface area contributed by atoms with Crippen LogP contribution in [0.3, 0.4) is 0 Å². The molecule has 0 unspecified atom stereocenters. The molecule has 1 N–H and O–H groups in total. The highest BCUT2D eigenvalue weighted by Crippen LogP contribution is 2.31. The van der Waals surface area contributed by atoms with Crippen LogP contribution in [0, 0.1) is 6.92 Å². The molecule has 0 atom stereocenters. The molecule has 0 aliphatic rings. The predicted octanol–water partition coefficient (Wildman–Crippen LogP) is 2.39. The molecule has 3 heterocycles. The van der Waals surface area contributed by atoms with Gasteiger partial charge in [-0.05, 0) is 30.7 Å². The first-order valence-corrected chi connectivity index (χ1v) is 9.14. The van der Waals surface area contributed by atoms with Gasteiger partial charge in [-0.15, -0.1) is 0 Å². The van der Waals surface area contributed by atoms with Crippen molar-refractivity contribution < 1.29 is 17.9 Å². The summed E-state index contributed by atoms with van der Waals surface area (Å²) in [7, 11) is -2.18. The van der Waals surface area contributed by atoms with Gasteiger partial charge in [-0.25, -0.2) is 22.2 Å². The zero-order valence-corrected chi connectivity index (χ0v) is 14.7. The van der Waals surface area contributed by atoms with Gasteiger partial charge in [0.2, 0.25) is 10.0 Å². The number of anilines is 1. The van der Waals surface area contributed by atoms with E-state index in [-0.39, 0.29) is 0 Å². The zero-order valence-electron chi connectivity index (χ0n) is 13.8. The molecule has 0 saturated carbocycles. The van der Waals surface area contributed by atoms with Gasteiger partial charge in [-0.3, -0.25) is 10.3 Å². The second kappa shape index (κ2) is 6.17. The summed E-state index contributed by atoms with van der Waals surface area (Å²) in [5.41, 5.74) is 2.61. The molecule has 0 fully saturated rings. The van der Waals surface area contributed by atoms with E-state index < -0.39 is 16.1 Å². The van der Waals surface area contributed by atoms with E-state index in [0.29, 0.717) is 17.0 Å². The average molecular weight is 360 g/mol. The number of aryl methyl sites for hydroxylation is 1. The maximum Gasteiger partial charge on any atom is 0.412 e. The Morgan fingerprint density at radius 3 is 2.72 bits per heavy atom. The first kappa shape index (κ1) is 16.9. The topological polar surface area (TPSA) is 103 Å². The Kier molecular flexibility index (Phi) is 4.17. The van der Waals surface area contributed by atoms with Gasteiger partial charge in [0.05, 0.1) is 24.6 Å². The zero-order chi connectivity index (χ0) is 18.2. The fourth-order valence-corrected chi connectivity index (χ4v) is 3.45. The molecule has 25 heavy (non-hydrogen) atoms. The third kappa shape index (κ3) is 3.18. The van der Waals surface area contributed by atoms with Crippen LogP contribution in [0.4, 0.5) is 10.6 Å². The largest absolute Gasteiger partial charge is 0.453 e. The molecule has 0 aromatic carbocycles. The van der Waals surface area contributed by atoms with Crippen LogP contribution in [0.5, 0.6) is 0 Å². The Bertz CT molecular complexity index is 1070. The predicted molar refractivity (Wildman–Crippen MR) is 94.0 cm³/mol. The van der Waals surface area contributed by atoms with Crippen LogP contribution < -0.4 is 5.32 Å². The quantitative estimate of drug-likeness (QED) is 0.769. The lowest BCUT2D eigenvalue weighted by Gasteiger charge is -2.09. The normalized spacial score (nSPS) is 11.5. The van der Waals surface area contributed by atoms with Crippen molar-refractivity contribution in [2.45, 2.75) is 6.92 Å². The van der Waals surface area contributed by atoms with Crippen LogP contribution in [0.1, 0.15) is 5.69 Å². The lowest BCUT2D eigenvalue weighted by Crippen LogP contribution is -2.12. The molecule has 0 saturated heterocycles. The second-order valence-corrected chi connectivity index (χ2v) is 7.30. The Balaban J connectivity index is 2.18. The van der Waals surface area contributed by atoms with Gasteiger partial charge in [0.15, 0.2) is 0 Å². The minimum Gasteiger partial charge on any atom is -0.453 e. The van der Waals surface area contributed by atoms with Gasteiger partial charge in [-0.2, -0.15) is 0 Å². The van der Waals surface area contributed by atoms with E-state index in [4.69, 9.17) is 0 Å². The van der Waals surface area contributed by atoms with Crippen LogP contribution in [-0.2, 0) is 14.8 Å². The maximum absolute atomic E-state index is 12.0.